The number of rotatable bonds is 5. The fraction of sp³-hybridized carbons (Fsp3) is 0.350. The highest BCUT2D eigenvalue weighted by Crippen LogP contribution is 2.27. The Balaban J connectivity index is 1.64. The van der Waals surface area contributed by atoms with Crippen LogP contribution in [0.15, 0.2) is 42.6 Å². The first-order chi connectivity index (χ1) is 12.7. The molecule has 0 saturated carbocycles. The first-order valence-electron chi connectivity index (χ1n) is 8.84. The highest BCUT2D eigenvalue weighted by Gasteiger charge is 2.21. The van der Waals surface area contributed by atoms with Gasteiger partial charge in [0.05, 0.1) is 23.7 Å². The van der Waals surface area contributed by atoms with E-state index in [4.69, 9.17) is 0 Å². The molecular weight excluding hydrogens is 328 g/mol. The van der Waals surface area contributed by atoms with Crippen LogP contribution < -0.4 is 10.6 Å². The average Bonchev–Trinajstić information content (AvgIpc) is 2.70. The van der Waals surface area contributed by atoms with Gasteiger partial charge >= 0.3 is 0 Å². The van der Waals surface area contributed by atoms with Crippen molar-refractivity contribution in [3.63, 3.8) is 0 Å². The molecule has 0 radical (unpaired) electrons. The number of aromatic nitrogens is 1. The minimum absolute atomic E-state index is 0.0521. The van der Waals surface area contributed by atoms with Crippen molar-refractivity contribution in [2.24, 2.45) is 0 Å². The van der Waals surface area contributed by atoms with Gasteiger partial charge in [-0.25, -0.2) is 0 Å². The third-order valence-electron chi connectivity index (χ3n) is 4.63. The maximum atomic E-state index is 12.2. The van der Waals surface area contributed by atoms with Crippen LogP contribution in [-0.2, 0) is 4.79 Å². The molecule has 1 amide bonds. The molecular formula is C20H22N4O2. The van der Waals surface area contributed by atoms with E-state index in [2.05, 4.69) is 21.7 Å². The summed E-state index contributed by atoms with van der Waals surface area (Å²) < 4.78 is 0. The van der Waals surface area contributed by atoms with Gasteiger partial charge in [0.15, 0.2) is 0 Å². The number of nitriles is 1. The van der Waals surface area contributed by atoms with Crippen molar-refractivity contribution in [2.45, 2.75) is 31.2 Å². The molecule has 6 nitrogen and oxygen atoms in total. The molecule has 1 fully saturated rings. The fourth-order valence-corrected chi connectivity index (χ4v) is 3.10. The van der Waals surface area contributed by atoms with Gasteiger partial charge in [-0.15, -0.1) is 0 Å². The molecule has 2 atom stereocenters. The van der Waals surface area contributed by atoms with Crippen LogP contribution in [0, 0.1) is 11.3 Å². The third kappa shape index (κ3) is 4.19. The van der Waals surface area contributed by atoms with E-state index in [1.807, 2.05) is 12.1 Å². The number of nitrogens with zero attached hydrogens (tertiary/aromatic N) is 2. The maximum absolute atomic E-state index is 12.2. The van der Waals surface area contributed by atoms with Gasteiger partial charge < -0.3 is 15.7 Å². The van der Waals surface area contributed by atoms with Gasteiger partial charge in [-0.05, 0) is 43.1 Å². The number of amides is 1. The number of phenolic OH excluding ortho intramolecular Hbond substituents is 1. The van der Waals surface area contributed by atoms with Crippen LogP contribution in [0.3, 0.4) is 0 Å². The zero-order chi connectivity index (χ0) is 18.4. The van der Waals surface area contributed by atoms with E-state index in [1.54, 1.807) is 30.5 Å². The molecule has 0 spiro atoms. The number of piperidine rings is 1. The van der Waals surface area contributed by atoms with E-state index < -0.39 is 5.92 Å². The largest absolute Gasteiger partial charge is 0.507 e. The van der Waals surface area contributed by atoms with Crippen molar-refractivity contribution < 1.29 is 9.90 Å². The molecule has 1 saturated heterocycles. The number of nitrogens with one attached hydrogen (secondary N) is 2. The van der Waals surface area contributed by atoms with Crippen LogP contribution in [0.4, 0.5) is 0 Å². The summed E-state index contributed by atoms with van der Waals surface area (Å²) in [5.74, 6) is -0.353. The molecule has 1 aromatic carbocycles. The molecule has 6 heteroatoms. The smallest absolute Gasteiger partial charge is 0.237 e. The molecule has 2 heterocycles. The Bertz CT molecular complexity index is 792. The van der Waals surface area contributed by atoms with Crippen molar-refractivity contribution >= 4 is 5.91 Å². The molecule has 0 aliphatic carbocycles. The normalized spacial score (nSPS) is 17.9. The number of carbonyl (C=O) groups excluding carboxylic acids is 1. The van der Waals surface area contributed by atoms with E-state index in [0.29, 0.717) is 11.3 Å². The van der Waals surface area contributed by atoms with Gasteiger partial charge in [0.1, 0.15) is 5.75 Å². The third-order valence-corrected chi connectivity index (χ3v) is 4.63. The van der Waals surface area contributed by atoms with Crippen LogP contribution in [0.5, 0.6) is 5.75 Å². The number of hydrogen-bond acceptors (Lipinski definition) is 5. The monoisotopic (exact) mass is 350 g/mol. The summed E-state index contributed by atoms with van der Waals surface area (Å²) in [6, 6.07) is 12.6. The minimum atomic E-state index is -0.464. The van der Waals surface area contributed by atoms with Crippen molar-refractivity contribution in [3.8, 4) is 23.1 Å². The second-order valence-electron chi connectivity index (χ2n) is 6.42. The SMILES string of the molecule is N#C[C@@H](CNC(=O)[C@@H]1CCCCN1)c1ccc(-c2ccccc2O)nc1. The Kier molecular flexibility index (Phi) is 5.82. The second-order valence-corrected chi connectivity index (χ2v) is 6.42. The van der Waals surface area contributed by atoms with Gasteiger partial charge in [-0.2, -0.15) is 5.26 Å². The van der Waals surface area contributed by atoms with Crippen LogP contribution in [0.1, 0.15) is 30.7 Å². The highest BCUT2D eigenvalue weighted by molar-refractivity contribution is 5.81. The van der Waals surface area contributed by atoms with Crippen molar-refractivity contribution in [3.05, 3.63) is 48.2 Å². The standard InChI is InChI=1S/C20H22N4O2/c21-11-15(13-24-20(26)18-6-3-4-10-22-18)14-8-9-17(23-12-14)16-5-1-2-7-19(16)25/h1-2,5,7-9,12,15,18,22,25H,3-4,6,10,13H2,(H,24,26)/t15-,18-/m0/s1. The molecule has 1 aliphatic rings. The van der Waals surface area contributed by atoms with Gasteiger partial charge in [-0.3, -0.25) is 9.78 Å². The topological polar surface area (TPSA) is 98.0 Å². The average molecular weight is 350 g/mol. The Morgan fingerprint density at radius 1 is 1.35 bits per heavy atom. The summed E-state index contributed by atoms with van der Waals surface area (Å²) in [5, 5.41) is 25.4. The van der Waals surface area contributed by atoms with Gasteiger partial charge in [0.25, 0.3) is 0 Å². The minimum Gasteiger partial charge on any atom is -0.507 e. The first-order valence-corrected chi connectivity index (χ1v) is 8.84. The number of aromatic hydroxyl groups is 1. The Morgan fingerprint density at radius 3 is 2.85 bits per heavy atom. The maximum Gasteiger partial charge on any atom is 0.237 e. The van der Waals surface area contributed by atoms with Crippen LogP contribution >= 0.6 is 0 Å². The molecule has 0 unspecified atom stereocenters. The number of carbonyl (C=O) groups is 1. The number of phenols is 1. The number of pyridine rings is 1. The summed E-state index contributed by atoms with van der Waals surface area (Å²) in [6.45, 7) is 1.11. The summed E-state index contributed by atoms with van der Waals surface area (Å²) in [6.07, 6.45) is 4.60. The Morgan fingerprint density at radius 2 is 2.19 bits per heavy atom. The van der Waals surface area contributed by atoms with E-state index in [1.165, 1.54) is 0 Å². The fourth-order valence-electron chi connectivity index (χ4n) is 3.10. The zero-order valence-corrected chi connectivity index (χ0v) is 14.5. The summed E-state index contributed by atoms with van der Waals surface area (Å²) in [5.41, 5.74) is 2.02. The second kappa shape index (κ2) is 8.45. The summed E-state index contributed by atoms with van der Waals surface area (Å²) in [7, 11) is 0. The summed E-state index contributed by atoms with van der Waals surface area (Å²) >= 11 is 0. The van der Waals surface area contributed by atoms with E-state index in [9.17, 15) is 15.2 Å². The Hall–Kier alpha value is -2.91. The van der Waals surface area contributed by atoms with Gasteiger partial charge in [0.2, 0.25) is 5.91 Å². The van der Waals surface area contributed by atoms with Crippen molar-refractivity contribution in [2.75, 3.05) is 13.1 Å². The summed E-state index contributed by atoms with van der Waals surface area (Å²) in [4.78, 5) is 16.6. The van der Waals surface area contributed by atoms with E-state index >= 15 is 0 Å². The quantitative estimate of drug-likeness (QED) is 0.769. The van der Waals surface area contributed by atoms with Crippen LogP contribution in [0.2, 0.25) is 0 Å². The predicted molar refractivity (Wildman–Crippen MR) is 98.3 cm³/mol. The number of benzene rings is 1. The van der Waals surface area contributed by atoms with Gasteiger partial charge in [0, 0.05) is 18.3 Å². The molecule has 1 aromatic heterocycles. The molecule has 1 aliphatic heterocycles. The lowest BCUT2D eigenvalue weighted by molar-refractivity contribution is -0.123. The molecule has 3 N–H and O–H groups in total. The first kappa shape index (κ1) is 17.9. The lowest BCUT2D eigenvalue weighted by atomic mass is 10.0. The van der Waals surface area contributed by atoms with Crippen molar-refractivity contribution in [1.82, 2.24) is 15.6 Å². The highest BCUT2D eigenvalue weighted by atomic mass is 16.3. The molecule has 0 bridgehead atoms. The van der Waals surface area contributed by atoms with E-state index in [-0.39, 0.29) is 24.2 Å². The van der Waals surface area contributed by atoms with Crippen LogP contribution in [0.25, 0.3) is 11.3 Å². The van der Waals surface area contributed by atoms with Crippen LogP contribution in [-0.4, -0.2) is 35.1 Å². The Labute approximate surface area is 152 Å². The number of para-hydroxylation sites is 1. The predicted octanol–water partition coefficient (Wildman–Crippen LogP) is 2.32. The molecule has 134 valence electrons. The van der Waals surface area contributed by atoms with Crippen molar-refractivity contribution in [1.29, 1.82) is 5.26 Å². The zero-order valence-electron chi connectivity index (χ0n) is 14.5. The molecule has 2 aromatic rings. The van der Waals surface area contributed by atoms with Gasteiger partial charge in [-0.1, -0.05) is 24.6 Å². The lowest BCUT2D eigenvalue weighted by Crippen LogP contribution is -2.47. The number of hydrogen-bond donors (Lipinski definition) is 3. The molecule has 3 rings (SSSR count). The lowest BCUT2D eigenvalue weighted by Gasteiger charge is -2.23. The molecule has 26 heavy (non-hydrogen) atoms. The van der Waals surface area contributed by atoms with E-state index in [0.717, 1.165) is 31.4 Å².